The molecule has 0 radical (unpaired) electrons. The van der Waals surface area contributed by atoms with Crippen LogP contribution in [0.1, 0.15) is 0 Å². The first-order chi connectivity index (χ1) is 10.9. The molecule has 1 aliphatic heterocycles. The Bertz CT molecular complexity index is 791. The molecule has 3 rings (SSSR count). The van der Waals surface area contributed by atoms with Gasteiger partial charge in [0.05, 0.1) is 0 Å². The van der Waals surface area contributed by atoms with Gasteiger partial charge in [-0.25, -0.2) is 4.39 Å². The lowest BCUT2D eigenvalue weighted by Crippen LogP contribution is -2.47. The van der Waals surface area contributed by atoms with Crippen molar-refractivity contribution < 1.29 is 12.8 Å². The van der Waals surface area contributed by atoms with E-state index in [0.717, 1.165) is 11.3 Å². The minimum absolute atomic E-state index is 0.291. The molecule has 0 amide bonds. The maximum Gasteiger partial charge on any atom is 0.299 e. The van der Waals surface area contributed by atoms with E-state index in [2.05, 4.69) is 0 Å². The summed E-state index contributed by atoms with van der Waals surface area (Å²) in [6, 6.07) is 14.5. The van der Waals surface area contributed by atoms with Crippen LogP contribution in [0.25, 0.3) is 11.1 Å². The van der Waals surface area contributed by atoms with Gasteiger partial charge in [0.15, 0.2) is 0 Å². The zero-order valence-corrected chi connectivity index (χ0v) is 13.9. The Morgan fingerprint density at radius 2 is 1.61 bits per heavy atom. The largest absolute Gasteiger partial charge is 0.369 e. The highest BCUT2D eigenvalue weighted by atomic mass is 35.7. The number of benzene rings is 2. The highest BCUT2D eigenvalue weighted by Crippen LogP contribution is 2.27. The Balaban J connectivity index is 1.77. The lowest BCUT2D eigenvalue weighted by molar-refractivity contribution is 0.393. The van der Waals surface area contributed by atoms with Crippen LogP contribution in [-0.2, 0) is 9.24 Å². The van der Waals surface area contributed by atoms with Crippen molar-refractivity contribution in [2.45, 2.75) is 0 Å². The quantitative estimate of drug-likeness (QED) is 0.795. The average Bonchev–Trinajstić information content (AvgIpc) is 2.55. The van der Waals surface area contributed by atoms with Gasteiger partial charge in [0, 0.05) is 48.1 Å². The van der Waals surface area contributed by atoms with Crippen molar-refractivity contribution >= 4 is 25.6 Å². The van der Waals surface area contributed by atoms with E-state index in [1.807, 2.05) is 41.3 Å². The molecule has 1 saturated heterocycles. The number of piperazine rings is 1. The number of halogens is 2. The number of rotatable bonds is 3. The van der Waals surface area contributed by atoms with Crippen LogP contribution in [0.2, 0.25) is 0 Å². The van der Waals surface area contributed by atoms with E-state index >= 15 is 0 Å². The summed E-state index contributed by atoms with van der Waals surface area (Å²) < 4.78 is 38.2. The Kier molecular flexibility index (Phi) is 4.57. The SMILES string of the molecule is O=S(=O)(Cl)N1CCN(c2ccc(-c3ccccc3)c(F)c2)CC1. The molecular formula is C16H16ClFN2O2S. The van der Waals surface area contributed by atoms with Crippen LogP contribution < -0.4 is 4.90 Å². The second-order valence-corrected chi connectivity index (χ2v) is 7.87. The van der Waals surface area contributed by atoms with Gasteiger partial charge in [-0.15, -0.1) is 0 Å². The maximum atomic E-state index is 14.4. The zero-order chi connectivity index (χ0) is 16.4. The third-order valence-corrected chi connectivity index (χ3v) is 5.52. The molecule has 0 unspecified atom stereocenters. The summed E-state index contributed by atoms with van der Waals surface area (Å²) in [5.74, 6) is -0.291. The molecule has 23 heavy (non-hydrogen) atoms. The average molecular weight is 355 g/mol. The van der Waals surface area contributed by atoms with Gasteiger partial charge in [0.25, 0.3) is 9.24 Å². The summed E-state index contributed by atoms with van der Waals surface area (Å²) in [4.78, 5) is 1.95. The van der Waals surface area contributed by atoms with Crippen LogP contribution in [0.4, 0.5) is 10.1 Å². The lowest BCUT2D eigenvalue weighted by Gasteiger charge is -2.34. The van der Waals surface area contributed by atoms with Gasteiger partial charge in [0.1, 0.15) is 5.82 Å². The molecule has 7 heteroatoms. The molecule has 1 fully saturated rings. The van der Waals surface area contributed by atoms with Gasteiger partial charge < -0.3 is 4.90 Å². The van der Waals surface area contributed by atoms with Crippen molar-refractivity contribution in [2.24, 2.45) is 0 Å². The predicted molar refractivity (Wildman–Crippen MR) is 90.4 cm³/mol. The maximum absolute atomic E-state index is 14.4. The van der Waals surface area contributed by atoms with E-state index in [-0.39, 0.29) is 5.82 Å². The molecule has 0 bridgehead atoms. The molecule has 0 aromatic heterocycles. The Hall–Kier alpha value is -1.63. The van der Waals surface area contributed by atoms with Crippen LogP contribution in [0.5, 0.6) is 0 Å². The first-order valence-corrected chi connectivity index (χ1v) is 9.51. The fraction of sp³-hybridized carbons (Fsp3) is 0.250. The van der Waals surface area contributed by atoms with Gasteiger partial charge >= 0.3 is 0 Å². The van der Waals surface area contributed by atoms with Crippen LogP contribution in [-0.4, -0.2) is 38.9 Å². The fourth-order valence-electron chi connectivity index (χ4n) is 2.72. The minimum atomic E-state index is -3.68. The number of nitrogens with zero attached hydrogens (tertiary/aromatic N) is 2. The predicted octanol–water partition coefficient (Wildman–Crippen LogP) is 3.10. The van der Waals surface area contributed by atoms with Gasteiger partial charge in [0.2, 0.25) is 0 Å². The molecule has 122 valence electrons. The summed E-state index contributed by atoms with van der Waals surface area (Å²) in [5, 5.41) is 0. The summed E-state index contributed by atoms with van der Waals surface area (Å²) in [6.45, 7) is 1.56. The summed E-state index contributed by atoms with van der Waals surface area (Å²) in [6.07, 6.45) is 0. The second-order valence-electron chi connectivity index (χ2n) is 5.36. The number of hydrogen-bond acceptors (Lipinski definition) is 3. The van der Waals surface area contributed by atoms with Crippen molar-refractivity contribution in [2.75, 3.05) is 31.1 Å². The highest BCUT2D eigenvalue weighted by Gasteiger charge is 2.25. The molecule has 4 nitrogen and oxygen atoms in total. The van der Waals surface area contributed by atoms with E-state index in [1.54, 1.807) is 6.07 Å². The molecule has 2 aromatic rings. The molecule has 0 atom stereocenters. The topological polar surface area (TPSA) is 40.6 Å². The van der Waals surface area contributed by atoms with E-state index in [0.29, 0.717) is 31.7 Å². The monoisotopic (exact) mass is 354 g/mol. The van der Waals surface area contributed by atoms with E-state index in [1.165, 1.54) is 10.4 Å². The first-order valence-electron chi connectivity index (χ1n) is 7.25. The third kappa shape index (κ3) is 3.65. The van der Waals surface area contributed by atoms with Gasteiger partial charge in [-0.05, 0) is 23.8 Å². The van der Waals surface area contributed by atoms with Crippen molar-refractivity contribution in [1.29, 1.82) is 0 Å². The molecular weight excluding hydrogens is 339 g/mol. The van der Waals surface area contributed by atoms with Crippen molar-refractivity contribution in [3.63, 3.8) is 0 Å². The lowest BCUT2D eigenvalue weighted by atomic mass is 10.0. The highest BCUT2D eigenvalue weighted by molar-refractivity contribution is 8.11. The summed E-state index contributed by atoms with van der Waals surface area (Å²) in [7, 11) is 1.66. The van der Waals surface area contributed by atoms with E-state index in [4.69, 9.17) is 10.7 Å². The van der Waals surface area contributed by atoms with E-state index in [9.17, 15) is 12.8 Å². The second kappa shape index (κ2) is 6.47. The Morgan fingerprint density at radius 1 is 0.957 bits per heavy atom. The van der Waals surface area contributed by atoms with Crippen molar-refractivity contribution in [3.8, 4) is 11.1 Å². The molecule has 2 aromatic carbocycles. The third-order valence-electron chi connectivity index (χ3n) is 3.95. The number of anilines is 1. The van der Waals surface area contributed by atoms with Gasteiger partial charge in [-0.2, -0.15) is 12.7 Å². The van der Waals surface area contributed by atoms with Crippen LogP contribution in [0, 0.1) is 5.82 Å². The van der Waals surface area contributed by atoms with E-state index < -0.39 is 9.24 Å². The molecule has 0 N–H and O–H groups in total. The molecule has 1 aliphatic rings. The van der Waals surface area contributed by atoms with Gasteiger partial charge in [-0.3, -0.25) is 0 Å². The zero-order valence-electron chi connectivity index (χ0n) is 12.3. The minimum Gasteiger partial charge on any atom is -0.369 e. The first kappa shape index (κ1) is 16.2. The summed E-state index contributed by atoms with van der Waals surface area (Å²) >= 11 is 0. The standard InChI is InChI=1S/C16H16ClFN2O2S/c17-23(21,22)20-10-8-19(9-11-20)14-6-7-15(16(18)12-14)13-4-2-1-3-5-13/h1-7,12H,8-11H2. The Morgan fingerprint density at radius 3 is 2.17 bits per heavy atom. The van der Waals surface area contributed by atoms with Crippen LogP contribution in [0.3, 0.4) is 0 Å². The van der Waals surface area contributed by atoms with Crippen LogP contribution in [0.15, 0.2) is 48.5 Å². The van der Waals surface area contributed by atoms with Crippen molar-refractivity contribution in [1.82, 2.24) is 4.31 Å². The summed E-state index contributed by atoms with van der Waals surface area (Å²) in [5.41, 5.74) is 2.12. The smallest absolute Gasteiger partial charge is 0.299 e. The molecule has 0 spiro atoms. The normalized spacial score (nSPS) is 16.5. The number of hydrogen-bond donors (Lipinski definition) is 0. The van der Waals surface area contributed by atoms with Crippen molar-refractivity contribution in [3.05, 3.63) is 54.3 Å². The van der Waals surface area contributed by atoms with Gasteiger partial charge in [-0.1, -0.05) is 30.3 Å². The Labute approximate surface area is 139 Å². The molecule has 1 heterocycles. The molecule has 0 saturated carbocycles. The fourth-order valence-corrected chi connectivity index (χ4v) is 3.73. The molecule has 0 aliphatic carbocycles. The van der Waals surface area contributed by atoms with Crippen LogP contribution >= 0.6 is 10.7 Å².